The van der Waals surface area contributed by atoms with Crippen molar-refractivity contribution in [1.29, 1.82) is 0 Å². The summed E-state index contributed by atoms with van der Waals surface area (Å²) in [4.78, 5) is 12.3. The van der Waals surface area contributed by atoms with Crippen molar-refractivity contribution in [2.24, 2.45) is 0 Å². The number of hydrogen-bond donors (Lipinski definition) is 1. The molecule has 1 aromatic rings. The van der Waals surface area contributed by atoms with E-state index in [2.05, 4.69) is 24.4 Å². The highest BCUT2D eigenvalue weighted by molar-refractivity contribution is 5.94. The molecule has 0 spiro atoms. The molecule has 2 aliphatic rings. The smallest absolute Gasteiger partial charge is 0.251 e. The molecule has 1 aliphatic heterocycles. The summed E-state index contributed by atoms with van der Waals surface area (Å²) in [6.07, 6.45) is 6.89. The van der Waals surface area contributed by atoms with Crippen LogP contribution in [0.2, 0.25) is 0 Å². The Morgan fingerprint density at radius 2 is 2.05 bits per heavy atom. The Balaban J connectivity index is 1.65. The van der Waals surface area contributed by atoms with Gasteiger partial charge >= 0.3 is 0 Å². The zero-order valence-electron chi connectivity index (χ0n) is 12.2. The van der Waals surface area contributed by atoms with Gasteiger partial charge in [0.2, 0.25) is 0 Å². The van der Waals surface area contributed by atoms with Crippen LogP contribution in [0, 0.1) is 0 Å². The van der Waals surface area contributed by atoms with Gasteiger partial charge in [-0.25, -0.2) is 0 Å². The summed E-state index contributed by atoms with van der Waals surface area (Å²) in [7, 11) is 0. The maximum absolute atomic E-state index is 12.3. The van der Waals surface area contributed by atoms with Gasteiger partial charge < -0.3 is 10.1 Å². The Hall–Kier alpha value is -1.35. The third-order valence-electron chi connectivity index (χ3n) is 4.53. The van der Waals surface area contributed by atoms with Crippen LogP contribution in [-0.4, -0.2) is 24.7 Å². The molecule has 0 unspecified atom stereocenters. The molecular weight excluding hydrogens is 250 g/mol. The summed E-state index contributed by atoms with van der Waals surface area (Å²) in [5.74, 6) is 0.0232. The van der Waals surface area contributed by atoms with E-state index in [1.165, 1.54) is 24.0 Å². The molecule has 0 bridgehead atoms. The molecule has 3 heteroatoms. The lowest BCUT2D eigenvalue weighted by molar-refractivity contribution is 0.0206. The molecule has 0 saturated carbocycles. The Labute approximate surface area is 120 Å². The van der Waals surface area contributed by atoms with E-state index in [1.54, 1.807) is 0 Å². The fourth-order valence-electron chi connectivity index (χ4n) is 3.22. The van der Waals surface area contributed by atoms with Crippen molar-refractivity contribution in [2.45, 2.75) is 51.0 Å². The predicted octanol–water partition coefficient (Wildman–Crippen LogP) is 2.86. The van der Waals surface area contributed by atoms with Crippen LogP contribution in [0.4, 0.5) is 0 Å². The molecule has 1 saturated heterocycles. The Morgan fingerprint density at radius 3 is 2.80 bits per heavy atom. The van der Waals surface area contributed by atoms with Crippen LogP contribution in [0.5, 0.6) is 0 Å². The average Bonchev–Trinajstić information content (AvgIpc) is 2.91. The summed E-state index contributed by atoms with van der Waals surface area (Å²) in [5, 5.41) is 3.02. The second-order valence-corrected chi connectivity index (χ2v) is 6.28. The van der Waals surface area contributed by atoms with Gasteiger partial charge in [-0.1, -0.05) is 6.07 Å². The molecule has 3 rings (SSSR count). The van der Waals surface area contributed by atoms with E-state index in [0.717, 1.165) is 37.9 Å². The Morgan fingerprint density at radius 1 is 1.25 bits per heavy atom. The van der Waals surface area contributed by atoms with Crippen LogP contribution in [-0.2, 0) is 17.6 Å². The van der Waals surface area contributed by atoms with Crippen molar-refractivity contribution in [3.05, 3.63) is 34.9 Å². The number of benzene rings is 1. The van der Waals surface area contributed by atoms with Crippen LogP contribution in [0.3, 0.4) is 0 Å². The van der Waals surface area contributed by atoms with Gasteiger partial charge in [0.05, 0.1) is 5.60 Å². The van der Waals surface area contributed by atoms with Crippen LogP contribution < -0.4 is 5.32 Å². The molecule has 1 heterocycles. The van der Waals surface area contributed by atoms with Gasteiger partial charge in [-0.2, -0.15) is 0 Å². The van der Waals surface area contributed by atoms with Gasteiger partial charge in [0.25, 0.3) is 5.91 Å². The fourth-order valence-corrected chi connectivity index (χ4v) is 3.22. The van der Waals surface area contributed by atoms with Crippen LogP contribution in [0.25, 0.3) is 0 Å². The van der Waals surface area contributed by atoms with Crippen LogP contribution in [0.15, 0.2) is 18.2 Å². The minimum absolute atomic E-state index is 0.0232. The lowest BCUT2D eigenvalue weighted by Crippen LogP contribution is -2.40. The molecule has 0 aromatic heterocycles. The molecule has 1 N–H and O–H groups in total. The summed E-state index contributed by atoms with van der Waals surface area (Å²) in [6.45, 7) is 3.49. The van der Waals surface area contributed by atoms with Crippen molar-refractivity contribution >= 4 is 5.91 Å². The highest BCUT2D eigenvalue weighted by atomic mass is 16.5. The third-order valence-corrected chi connectivity index (χ3v) is 4.53. The van der Waals surface area contributed by atoms with Crippen molar-refractivity contribution < 1.29 is 9.53 Å². The minimum Gasteiger partial charge on any atom is -0.373 e. The number of hydrogen-bond acceptors (Lipinski definition) is 2. The maximum atomic E-state index is 12.3. The summed E-state index contributed by atoms with van der Waals surface area (Å²) >= 11 is 0. The summed E-state index contributed by atoms with van der Waals surface area (Å²) in [6, 6.07) is 6.15. The molecule has 1 amide bonds. The zero-order valence-corrected chi connectivity index (χ0v) is 12.2. The quantitative estimate of drug-likeness (QED) is 0.919. The fraction of sp³-hybridized carbons (Fsp3) is 0.588. The van der Waals surface area contributed by atoms with E-state index in [1.807, 2.05) is 6.07 Å². The molecule has 0 radical (unpaired) electrons. The van der Waals surface area contributed by atoms with Crippen LogP contribution in [0.1, 0.15) is 54.1 Å². The number of carbonyl (C=O) groups is 1. The molecule has 108 valence electrons. The normalized spacial score (nSPS) is 25.2. The van der Waals surface area contributed by atoms with Gasteiger partial charge in [0, 0.05) is 18.7 Å². The largest absolute Gasteiger partial charge is 0.373 e. The number of rotatable bonds is 3. The molecule has 3 nitrogen and oxygen atoms in total. The lowest BCUT2D eigenvalue weighted by Gasteiger charge is -2.23. The molecule has 20 heavy (non-hydrogen) atoms. The summed E-state index contributed by atoms with van der Waals surface area (Å²) < 4.78 is 5.70. The average molecular weight is 273 g/mol. The SMILES string of the molecule is C[C@]1(CNC(=O)c2ccc3c(c2)CCCC3)CCCO1. The number of fused-ring (bicyclic) bond motifs is 1. The van der Waals surface area contributed by atoms with Crippen molar-refractivity contribution in [3.63, 3.8) is 0 Å². The highest BCUT2D eigenvalue weighted by Crippen LogP contribution is 2.25. The Kier molecular flexibility index (Phi) is 3.79. The van der Waals surface area contributed by atoms with E-state index in [0.29, 0.717) is 6.54 Å². The monoisotopic (exact) mass is 273 g/mol. The number of ether oxygens (including phenoxy) is 1. The first-order valence-electron chi connectivity index (χ1n) is 7.70. The van der Waals surface area contributed by atoms with Crippen molar-refractivity contribution in [3.8, 4) is 0 Å². The molecule has 1 fully saturated rings. The molecular formula is C17H23NO2. The lowest BCUT2D eigenvalue weighted by atomic mass is 9.90. The molecule has 1 atom stereocenters. The standard InChI is InChI=1S/C17H23NO2/c1-17(9-4-10-20-17)12-18-16(19)15-8-7-13-5-2-3-6-14(13)11-15/h7-8,11H,2-6,9-10,12H2,1H3,(H,18,19)/t17-/m1/s1. The number of aryl methyl sites for hydroxylation is 2. The maximum Gasteiger partial charge on any atom is 0.251 e. The van der Waals surface area contributed by atoms with Gasteiger partial charge in [-0.3, -0.25) is 4.79 Å². The first-order valence-corrected chi connectivity index (χ1v) is 7.70. The molecule has 1 aromatic carbocycles. The van der Waals surface area contributed by atoms with Gasteiger partial charge in [-0.15, -0.1) is 0 Å². The number of nitrogens with one attached hydrogen (secondary N) is 1. The first-order chi connectivity index (χ1) is 9.66. The van der Waals surface area contributed by atoms with Gasteiger partial charge in [0.1, 0.15) is 0 Å². The van der Waals surface area contributed by atoms with E-state index in [-0.39, 0.29) is 11.5 Å². The van der Waals surface area contributed by atoms with Gasteiger partial charge in [-0.05, 0) is 68.7 Å². The topological polar surface area (TPSA) is 38.3 Å². The number of amides is 1. The number of carbonyl (C=O) groups excluding carboxylic acids is 1. The zero-order chi connectivity index (χ0) is 14.0. The van der Waals surface area contributed by atoms with Gasteiger partial charge in [0.15, 0.2) is 0 Å². The minimum atomic E-state index is -0.177. The predicted molar refractivity (Wildman–Crippen MR) is 79.0 cm³/mol. The summed E-state index contributed by atoms with van der Waals surface area (Å²) in [5.41, 5.74) is 3.38. The molecule has 1 aliphatic carbocycles. The van der Waals surface area contributed by atoms with Crippen LogP contribution >= 0.6 is 0 Å². The van der Waals surface area contributed by atoms with E-state index < -0.39 is 0 Å². The Bertz CT molecular complexity index is 504. The highest BCUT2D eigenvalue weighted by Gasteiger charge is 2.30. The third kappa shape index (κ3) is 2.88. The van der Waals surface area contributed by atoms with Crippen molar-refractivity contribution in [2.75, 3.05) is 13.2 Å². The second kappa shape index (κ2) is 5.57. The van der Waals surface area contributed by atoms with E-state index in [9.17, 15) is 4.79 Å². The first kappa shape index (κ1) is 13.6. The second-order valence-electron chi connectivity index (χ2n) is 6.28. The van der Waals surface area contributed by atoms with Crippen molar-refractivity contribution in [1.82, 2.24) is 5.32 Å². The van der Waals surface area contributed by atoms with E-state index >= 15 is 0 Å². The van der Waals surface area contributed by atoms with E-state index in [4.69, 9.17) is 4.74 Å².